The van der Waals surface area contributed by atoms with Crippen LogP contribution in [0.1, 0.15) is 33.6 Å². The van der Waals surface area contributed by atoms with Crippen molar-refractivity contribution in [1.29, 1.82) is 0 Å². The Morgan fingerprint density at radius 1 is 1.08 bits per heavy atom. The molecule has 2 rings (SSSR count). The molecule has 1 aliphatic rings. The van der Waals surface area contributed by atoms with Crippen LogP contribution in [-0.2, 0) is 9.53 Å². The van der Waals surface area contributed by atoms with Crippen molar-refractivity contribution in [1.82, 2.24) is 15.5 Å². The fraction of sp³-hybridized carbons (Fsp3) is 0.471. The van der Waals surface area contributed by atoms with E-state index < -0.39 is 0 Å². The first-order valence-electron chi connectivity index (χ1n) is 8.06. The first-order valence-corrected chi connectivity index (χ1v) is 8.06. The molecule has 0 atom stereocenters. The molecule has 25 heavy (non-hydrogen) atoms. The molecule has 0 fully saturated rings. The van der Waals surface area contributed by atoms with Crippen LogP contribution in [0, 0.1) is 0 Å². The number of carbonyl (C=O) groups is 3. The molecule has 2 N–H and O–H groups in total. The normalized spacial score (nSPS) is 12.8. The quantitative estimate of drug-likeness (QED) is 0.471. The minimum absolute atomic E-state index is 0. The molecule has 1 aromatic carbocycles. The standard InChI is InChI=1S/C17H23N3O4.ClH/c1-24-11-9-18-12-15(21)19-8-4-5-10-20-16(22)13-6-2-3-7-14(13)17(20)23;/h2-3,6-7,18H,4-5,8-12H2,1H3,(H,19,21);1H. The molecule has 1 aliphatic heterocycles. The molecule has 1 aromatic rings. The van der Waals surface area contributed by atoms with Crippen LogP contribution in [0.5, 0.6) is 0 Å². The molecule has 0 aromatic heterocycles. The number of rotatable bonds is 10. The maximum Gasteiger partial charge on any atom is 0.261 e. The number of fused-ring (bicyclic) bond motifs is 1. The van der Waals surface area contributed by atoms with Crippen molar-refractivity contribution < 1.29 is 19.1 Å². The van der Waals surface area contributed by atoms with Gasteiger partial charge in [0, 0.05) is 26.7 Å². The molecule has 0 radical (unpaired) electrons. The maximum atomic E-state index is 12.2. The van der Waals surface area contributed by atoms with Crippen LogP contribution in [0.3, 0.4) is 0 Å². The summed E-state index contributed by atoms with van der Waals surface area (Å²) in [6, 6.07) is 6.85. The van der Waals surface area contributed by atoms with Gasteiger partial charge < -0.3 is 15.4 Å². The molecule has 0 unspecified atom stereocenters. The smallest absolute Gasteiger partial charge is 0.261 e. The SMILES string of the molecule is COCCNCC(=O)NCCCCN1C(=O)c2ccccc2C1=O.Cl. The van der Waals surface area contributed by atoms with Crippen LogP contribution in [0.2, 0.25) is 0 Å². The lowest BCUT2D eigenvalue weighted by molar-refractivity contribution is -0.120. The number of halogens is 1. The monoisotopic (exact) mass is 369 g/mol. The van der Waals surface area contributed by atoms with Gasteiger partial charge in [0.05, 0.1) is 24.3 Å². The van der Waals surface area contributed by atoms with E-state index in [2.05, 4.69) is 10.6 Å². The summed E-state index contributed by atoms with van der Waals surface area (Å²) < 4.78 is 4.87. The summed E-state index contributed by atoms with van der Waals surface area (Å²) >= 11 is 0. The lowest BCUT2D eigenvalue weighted by Crippen LogP contribution is -2.36. The Kier molecular flexibility index (Phi) is 9.12. The summed E-state index contributed by atoms with van der Waals surface area (Å²) in [5.74, 6) is -0.546. The van der Waals surface area contributed by atoms with Crippen molar-refractivity contribution in [3.63, 3.8) is 0 Å². The van der Waals surface area contributed by atoms with Gasteiger partial charge in [-0.25, -0.2) is 0 Å². The Bertz CT molecular complexity index is 574. The zero-order valence-corrected chi connectivity index (χ0v) is 15.1. The minimum Gasteiger partial charge on any atom is -0.383 e. The fourth-order valence-electron chi connectivity index (χ4n) is 2.50. The van der Waals surface area contributed by atoms with E-state index in [1.54, 1.807) is 31.4 Å². The van der Waals surface area contributed by atoms with Crippen LogP contribution in [0.25, 0.3) is 0 Å². The zero-order chi connectivity index (χ0) is 17.4. The molecule has 3 amide bonds. The summed E-state index contributed by atoms with van der Waals surface area (Å²) in [5.41, 5.74) is 0.941. The third-order valence-electron chi connectivity index (χ3n) is 3.78. The van der Waals surface area contributed by atoms with Crippen molar-refractivity contribution in [2.75, 3.05) is 39.9 Å². The molecule has 0 aliphatic carbocycles. The number of methoxy groups -OCH3 is 1. The lowest BCUT2D eigenvalue weighted by Gasteiger charge is -2.13. The van der Waals surface area contributed by atoms with Gasteiger partial charge in [0.25, 0.3) is 11.8 Å². The molecular weight excluding hydrogens is 346 g/mol. The summed E-state index contributed by atoms with van der Waals surface area (Å²) in [6.45, 7) is 2.33. The van der Waals surface area contributed by atoms with Crippen molar-refractivity contribution >= 4 is 30.1 Å². The van der Waals surface area contributed by atoms with E-state index in [-0.39, 0.29) is 36.7 Å². The topological polar surface area (TPSA) is 87.7 Å². The Hall–Kier alpha value is -1.96. The largest absolute Gasteiger partial charge is 0.383 e. The average Bonchev–Trinajstić information content (AvgIpc) is 2.83. The number of unbranched alkanes of at least 4 members (excludes halogenated alkanes) is 1. The number of hydrogen-bond donors (Lipinski definition) is 2. The van der Waals surface area contributed by atoms with Crippen molar-refractivity contribution in [3.8, 4) is 0 Å². The van der Waals surface area contributed by atoms with Gasteiger partial charge in [-0.15, -0.1) is 12.4 Å². The number of imide groups is 1. The number of hydrogen-bond acceptors (Lipinski definition) is 5. The zero-order valence-electron chi connectivity index (χ0n) is 14.2. The van der Waals surface area contributed by atoms with Gasteiger partial charge in [-0.2, -0.15) is 0 Å². The van der Waals surface area contributed by atoms with Crippen LogP contribution < -0.4 is 10.6 Å². The Balaban J connectivity index is 0.00000312. The van der Waals surface area contributed by atoms with Crippen molar-refractivity contribution in [2.45, 2.75) is 12.8 Å². The summed E-state index contributed by atoms with van der Waals surface area (Å²) in [7, 11) is 1.61. The number of nitrogens with zero attached hydrogens (tertiary/aromatic N) is 1. The number of ether oxygens (including phenoxy) is 1. The first kappa shape index (κ1) is 21.1. The molecule has 8 heteroatoms. The van der Waals surface area contributed by atoms with Gasteiger partial charge in [-0.1, -0.05) is 12.1 Å². The first-order chi connectivity index (χ1) is 11.6. The van der Waals surface area contributed by atoms with E-state index in [1.807, 2.05) is 0 Å². The highest BCUT2D eigenvalue weighted by Gasteiger charge is 2.34. The minimum atomic E-state index is -0.234. The fourth-order valence-corrected chi connectivity index (χ4v) is 2.50. The number of amides is 3. The number of benzene rings is 1. The van der Waals surface area contributed by atoms with Gasteiger partial charge >= 0.3 is 0 Å². The molecule has 0 bridgehead atoms. The van der Waals surface area contributed by atoms with E-state index >= 15 is 0 Å². The third kappa shape index (κ3) is 5.81. The van der Waals surface area contributed by atoms with Crippen LogP contribution in [-0.4, -0.2) is 62.5 Å². The Labute approximate surface area is 153 Å². The summed E-state index contributed by atoms with van der Waals surface area (Å²) in [5, 5.41) is 5.75. The van der Waals surface area contributed by atoms with E-state index in [4.69, 9.17) is 4.74 Å². The van der Waals surface area contributed by atoms with Crippen LogP contribution in [0.4, 0.5) is 0 Å². The molecule has 0 spiro atoms. The Morgan fingerprint density at radius 3 is 2.32 bits per heavy atom. The second kappa shape index (κ2) is 10.8. The summed E-state index contributed by atoms with van der Waals surface area (Å²) in [4.78, 5) is 37.2. The predicted octanol–water partition coefficient (Wildman–Crippen LogP) is 0.837. The maximum absolute atomic E-state index is 12.2. The van der Waals surface area contributed by atoms with Crippen LogP contribution in [0.15, 0.2) is 24.3 Å². The molecule has 0 saturated carbocycles. The number of nitrogens with one attached hydrogen (secondary N) is 2. The van der Waals surface area contributed by atoms with Gasteiger partial charge in [-0.3, -0.25) is 19.3 Å². The van der Waals surface area contributed by atoms with Crippen LogP contribution >= 0.6 is 12.4 Å². The number of carbonyl (C=O) groups excluding carboxylic acids is 3. The second-order valence-corrected chi connectivity index (χ2v) is 5.53. The molecular formula is C17H24ClN3O4. The molecule has 0 saturated heterocycles. The second-order valence-electron chi connectivity index (χ2n) is 5.53. The van der Waals surface area contributed by atoms with E-state index in [1.165, 1.54) is 4.90 Å². The molecule has 7 nitrogen and oxygen atoms in total. The third-order valence-corrected chi connectivity index (χ3v) is 3.78. The predicted molar refractivity (Wildman–Crippen MR) is 96.0 cm³/mol. The lowest BCUT2D eigenvalue weighted by atomic mass is 10.1. The van der Waals surface area contributed by atoms with E-state index in [0.717, 1.165) is 0 Å². The average molecular weight is 370 g/mol. The highest BCUT2D eigenvalue weighted by atomic mass is 35.5. The summed E-state index contributed by atoms with van der Waals surface area (Å²) in [6.07, 6.45) is 1.36. The van der Waals surface area contributed by atoms with Gasteiger partial charge in [0.1, 0.15) is 0 Å². The van der Waals surface area contributed by atoms with E-state index in [9.17, 15) is 14.4 Å². The van der Waals surface area contributed by atoms with Crippen molar-refractivity contribution in [2.24, 2.45) is 0 Å². The van der Waals surface area contributed by atoms with Crippen molar-refractivity contribution in [3.05, 3.63) is 35.4 Å². The highest BCUT2D eigenvalue weighted by molar-refractivity contribution is 6.21. The van der Waals surface area contributed by atoms with Gasteiger partial charge in [-0.05, 0) is 25.0 Å². The highest BCUT2D eigenvalue weighted by Crippen LogP contribution is 2.22. The van der Waals surface area contributed by atoms with Gasteiger partial charge in [0.2, 0.25) is 5.91 Å². The molecule has 1 heterocycles. The Morgan fingerprint density at radius 2 is 1.72 bits per heavy atom. The van der Waals surface area contributed by atoms with E-state index in [0.29, 0.717) is 50.2 Å². The van der Waals surface area contributed by atoms with Gasteiger partial charge in [0.15, 0.2) is 0 Å². The molecule has 138 valence electrons.